The second kappa shape index (κ2) is 6.15. The van der Waals surface area contributed by atoms with Crippen molar-refractivity contribution in [3.63, 3.8) is 0 Å². The molecule has 2 aromatic carbocycles. The van der Waals surface area contributed by atoms with Gasteiger partial charge in [0, 0.05) is 0 Å². The van der Waals surface area contributed by atoms with Gasteiger partial charge in [0.1, 0.15) is 10.8 Å². The summed E-state index contributed by atoms with van der Waals surface area (Å²) in [5.74, 6) is 0.420. The van der Waals surface area contributed by atoms with E-state index in [1.54, 1.807) is 0 Å². The van der Waals surface area contributed by atoms with Crippen molar-refractivity contribution in [2.75, 3.05) is 11.9 Å². The van der Waals surface area contributed by atoms with Gasteiger partial charge in [-0.2, -0.15) is 4.37 Å². The number of hydrogen-bond acceptors (Lipinski definition) is 4. The lowest BCUT2D eigenvalue weighted by Gasteiger charge is -2.12. The van der Waals surface area contributed by atoms with Crippen molar-refractivity contribution in [2.45, 2.75) is 13.8 Å². The largest absolute Gasteiger partial charge is 0.493 e. The number of benzene rings is 2. The van der Waals surface area contributed by atoms with E-state index in [2.05, 4.69) is 9.69 Å². The molecule has 112 valence electrons. The number of hydrogen-bond donors (Lipinski definition) is 1. The summed E-state index contributed by atoms with van der Waals surface area (Å²) in [5, 5.41) is 5.53. The van der Waals surface area contributed by atoms with Gasteiger partial charge in [-0.15, -0.1) is 0 Å². The Bertz CT molecular complexity index is 826. The molecular weight excluding hydrogens is 296 g/mol. The normalized spacial score (nSPS) is 10.6. The predicted octanol–water partition coefficient (Wildman–Crippen LogP) is 4.26. The number of carbonyl (C=O) groups excluding carboxylic acids is 1. The molecule has 1 aromatic heterocycles. The maximum absolute atomic E-state index is 12.7. The standard InChI is InChI=1S/C17H16N2O2S/c1-3-21-14-9-8-12-6-4-5-7-13(12)16(14)17(20)18-15-10-11(2)19-22-15/h4-10H,3H2,1-2H3,(H,18,20). The van der Waals surface area contributed by atoms with Crippen LogP contribution in [0.5, 0.6) is 5.75 Å². The molecule has 0 radical (unpaired) electrons. The molecule has 1 amide bonds. The van der Waals surface area contributed by atoms with E-state index in [0.717, 1.165) is 21.5 Å². The van der Waals surface area contributed by atoms with E-state index in [1.165, 1.54) is 11.5 Å². The lowest BCUT2D eigenvalue weighted by Crippen LogP contribution is -2.13. The zero-order valence-corrected chi connectivity index (χ0v) is 13.2. The third-order valence-corrected chi connectivity index (χ3v) is 4.08. The van der Waals surface area contributed by atoms with Crippen molar-refractivity contribution in [1.82, 2.24) is 4.37 Å². The van der Waals surface area contributed by atoms with Crippen LogP contribution in [-0.2, 0) is 0 Å². The summed E-state index contributed by atoms with van der Waals surface area (Å²) < 4.78 is 9.82. The van der Waals surface area contributed by atoms with Crippen molar-refractivity contribution in [2.24, 2.45) is 0 Å². The van der Waals surface area contributed by atoms with Gasteiger partial charge in [-0.1, -0.05) is 30.3 Å². The number of carbonyl (C=O) groups is 1. The Kier molecular flexibility index (Phi) is 4.06. The Morgan fingerprint density at radius 2 is 2.09 bits per heavy atom. The first kappa shape index (κ1) is 14.5. The molecule has 5 heteroatoms. The second-order valence-corrected chi connectivity index (χ2v) is 5.68. The van der Waals surface area contributed by atoms with Crippen LogP contribution in [0.4, 0.5) is 5.00 Å². The second-order valence-electron chi connectivity index (χ2n) is 4.88. The average Bonchev–Trinajstić information content (AvgIpc) is 2.92. The third-order valence-electron chi connectivity index (χ3n) is 3.28. The van der Waals surface area contributed by atoms with Gasteiger partial charge in [0.25, 0.3) is 5.91 Å². The fourth-order valence-corrected chi connectivity index (χ4v) is 3.02. The molecule has 4 nitrogen and oxygen atoms in total. The zero-order chi connectivity index (χ0) is 15.5. The number of fused-ring (bicyclic) bond motifs is 1. The number of aryl methyl sites for hydroxylation is 1. The van der Waals surface area contributed by atoms with Gasteiger partial charge in [0.05, 0.1) is 17.9 Å². The maximum Gasteiger partial charge on any atom is 0.260 e. The fraction of sp³-hybridized carbons (Fsp3) is 0.176. The molecule has 0 aliphatic rings. The van der Waals surface area contributed by atoms with Crippen LogP contribution < -0.4 is 10.1 Å². The van der Waals surface area contributed by atoms with E-state index in [4.69, 9.17) is 4.74 Å². The molecule has 0 atom stereocenters. The number of amides is 1. The van der Waals surface area contributed by atoms with Crippen LogP contribution in [0.15, 0.2) is 42.5 Å². The van der Waals surface area contributed by atoms with Gasteiger partial charge in [-0.05, 0) is 48.3 Å². The molecule has 1 N–H and O–H groups in total. The quantitative estimate of drug-likeness (QED) is 0.783. The Labute approximate surface area is 132 Å². The van der Waals surface area contributed by atoms with Crippen LogP contribution in [0, 0.1) is 6.92 Å². The molecule has 1 heterocycles. The molecule has 0 saturated carbocycles. The van der Waals surface area contributed by atoms with Gasteiger partial charge < -0.3 is 10.1 Å². The van der Waals surface area contributed by atoms with Gasteiger partial charge in [-0.25, -0.2) is 0 Å². The molecule has 3 aromatic rings. The van der Waals surface area contributed by atoms with E-state index in [9.17, 15) is 4.79 Å². The molecule has 22 heavy (non-hydrogen) atoms. The van der Waals surface area contributed by atoms with Gasteiger partial charge in [-0.3, -0.25) is 4.79 Å². The first-order chi connectivity index (χ1) is 10.7. The highest BCUT2D eigenvalue weighted by Gasteiger charge is 2.17. The van der Waals surface area contributed by atoms with Gasteiger partial charge in [0.15, 0.2) is 0 Å². The number of nitrogens with one attached hydrogen (secondary N) is 1. The van der Waals surface area contributed by atoms with Crippen molar-refractivity contribution in [1.29, 1.82) is 0 Å². The molecular formula is C17H16N2O2S. The summed E-state index contributed by atoms with van der Waals surface area (Å²) in [4.78, 5) is 12.7. The molecule has 0 unspecified atom stereocenters. The lowest BCUT2D eigenvalue weighted by atomic mass is 10.0. The topological polar surface area (TPSA) is 51.2 Å². The van der Waals surface area contributed by atoms with E-state index in [0.29, 0.717) is 17.9 Å². The fourth-order valence-electron chi connectivity index (χ4n) is 2.36. The minimum absolute atomic E-state index is 0.177. The number of nitrogens with zero attached hydrogens (tertiary/aromatic N) is 1. The Morgan fingerprint density at radius 3 is 2.82 bits per heavy atom. The van der Waals surface area contributed by atoms with E-state index in [1.807, 2.05) is 56.3 Å². The molecule has 0 bridgehead atoms. The van der Waals surface area contributed by atoms with Crippen LogP contribution >= 0.6 is 11.5 Å². The highest BCUT2D eigenvalue weighted by Crippen LogP contribution is 2.29. The Balaban J connectivity index is 2.06. The summed E-state index contributed by atoms with van der Waals surface area (Å²) >= 11 is 1.27. The predicted molar refractivity (Wildman–Crippen MR) is 89.9 cm³/mol. The summed E-state index contributed by atoms with van der Waals surface area (Å²) in [6, 6.07) is 13.5. The monoisotopic (exact) mass is 312 g/mol. The van der Waals surface area contributed by atoms with Crippen LogP contribution in [-0.4, -0.2) is 16.9 Å². The van der Waals surface area contributed by atoms with Crippen LogP contribution in [0.2, 0.25) is 0 Å². The van der Waals surface area contributed by atoms with Gasteiger partial charge in [0.2, 0.25) is 0 Å². The highest BCUT2D eigenvalue weighted by molar-refractivity contribution is 7.10. The minimum atomic E-state index is -0.177. The summed E-state index contributed by atoms with van der Waals surface area (Å²) in [6.45, 7) is 4.32. The van der Waals surface area contributed by atoms with Gasteiger partial charge >= 0.3 is 0 Å². The molecule has 0 spiro atoms. The van der Waals surface area contributed by atoms with Crippen molar-refractivity contribution in [3.05, 3.63) is 53.7 Å². The van der Waals surface area contributed by atoms with E-state index in [-0.39, 0.29) is 5.91 Å². The van der Waals surface area contributed by atoms with Crippen molar-refractivity contribution >= 4 is 33.2 Å². The number of rotatable bonds is 4. The van der Waals surface area contributed by atoms with E-state index < -0.39 is 0 Å². The Hall–Kier alpha value is -2.40. The number of anilines is 1. The SMILES string of the molecule is CCOc1ccc2ccccc2c1C(=O)Nc1cc(C)ns1. The minimum Gasteiger partial charge on any atom is -0.493 e. The summed E-state index contributed by atoms with van der Waals surface area (Å²) in [6.07, 6.45) is 0. The number of ether oxygens (including phenoxy) is 1. The van der Waals surface area contributed by atoms with E-state index >= 15 is 0 Å². The molecule has 0 fully saturated rings. The smallest absolute Gasteiger partial charge is 0.260 e. The van der Waals surface area contributed by atoms with Crippen LogP contribution in [0.3, 0.4) is 0 Å². The van der Waals surface area contributed by atoms with Crippen LogP contribution in [0.25, 0.3) is 10.8 Å². The first-order valence-corrected chi connectivity index (χ1v) is 7.85. The third kappa shape index (κ3) is 2.80. The number of aromatic nitrogens is 1. The molecule has 3 rings (SSSR count). The lowest BCUT2D eigenvalue weighted by molar-refractivity contribution is 0.102. The highest BCUT2D eigenvalue weighted by atomic mass is 32.1. The summed E-state index contributed by atoms with van der Waals surface area (Å²) in [5.41, 5.74) is 1.45. The van der Waals surface area contributed by atoms with Crippen LogP contribution in [0.1, 0.15) is 23.0 Å². The van der Waals surface area contributed by atoms with Crippen molar-refractivity contribution < 1.29 is 9.53 Å². The molecule has 0 aliphatic heterocycles. The molecule has 0 saturated heterocycles. The maximum atomic E-state index is 12.7. The summed E-state index contributed by atoms with van der Waals surface area (Å²) in [7, 11) is 0. The Morgan fingerprint density at radius 1 is 1.27 bits per heavy atom. The average molecular weight is 312 g/mol. The first-order valence-electron chi connectivity index (χ1n) is 7.08. The molecule has 0 aliphatic carbocycles. The van der Waals surface area contributed by atoms with Crippen molar-refractivity contribution in [3.8, 4) is 5.75 Å². The zero-order valence-electron chi connectivity index (χ0n) is 12.4.